The number of urea groups is 1. The molecule has 2 N–H and O–H groups in total. The number of amides is 2. The zero-order valence-corrected chi connectivity index (χ0v) is 14.0. The highest BCUT2D eigenvalue weighted by atomic mass is 32.2. The van der Waals surface area contributed by atoms with Crippen LogP contribution in [0.1, 0.15) is 30.9 Å². The van der Waals surface area contributed by atoms with Crippen molar-refractivity contribution in [3.05, 3.63) is 11.6 Å². The van der Waals surface area contributed by atoms with Gasteiger partial charge in [-0.25, -0.2) is 17.9 Å². The van der Waals surface area contributed by atoms with E-state index in [4.69, 9.17) is 0 Å². The van der Waals surface area contributed by atoms with Crippen LogP contribution in [0.3, 0.4) is 0 Å². The first kappa shape index (κ1) is 16.2. The first-order valence-corrected chi connectivity index (χ1v) is 9.72. The van der Waals surface area contributed by atoms with Gasteiger partial charge in [0.25, 0.3) is 0 Å². The number of nitrogens with one attached hydrogen (secondary N) is 2. The number of hydrogen-bond acceptors (Lipinski definition) is 5. The Morgan fingerprint density at radius 1 is 1.30 bits per heavy atom. The van der Waals surface area contributed by atoms with Gasteiger partial charge in [-0.3, -0.25) is 0 Å². The molecule has 3 heterocycles. The molecule has 0 bridgehead atoms. The van der Waals surface area contributed by atoms with Crippen molar-refractivity contribution in [3.8, 4) is 0 Å². The van der Waals surface area contributed by atoms with Gasteiger partial charge in [-0.05, 0) is 19.3 Å². The number of carbonyl (C=O) groups is 1. The van der Waals surface area contributed by atoms with Gasteiger partial charge in [-0.1, -0.05) is 0 Å². The largest absolute Gasteiger partial charge is 0.331 e. The Labute approximate surface area is 135 Å². The lowest BCUT2D eigenvalue weighted by Crippen LogP contribution is -2.52. The van der Waals surface area contributed by atoms with Crippen molar-refractivity contribution in [1.29, 1.82) is 0 Å². The van der Waals surface area contributed by atoms with Gasteiger partial charge >= 0.3 is 6.03 Å². The third-order valence-corrected chi connectivity index (χ3v) is 4.93. The number of carbonyl (C=O) groups excluding carboxylic acids is 1. The predicted octanol–water partition coefficient (Wildman–Crippen LogP) is -0.552. The first-order valence-electron chi connectivity index (χ1n) is 7.83. The number of hydrogen-bond donors (Lipinski definition) is 2. The molecule has 2 aliphatic heterocycles. The summed E-state index contributed by atoms with van der Waals surface area (Å²) in [6.45, 7) is 2.26. The van der Waals surface area contributed by atoms with Crippen molar-refractivity contribution in [1.82, 2.24) is 29.7 Å². The van der Waals surface area contributed by atoms with Gasteiger partial charge in [-0.15, -0.1) is 10.2 Å². The molecule has 23 heavy (non-hydrogen) atoms. The summed E-state index contributed by atoms with van der Waals surface area (Å²) in [6, 6.07) is -0.415. The minimum absolute atomic E-state index is 0.194. The Balaban J connectivity index is 1.53. The average Bonchev–Trinajstić information content (AvgIpc) is 3.06. The second-order valence-electron chi connectivity index (χ2n) is 6.12. The highest BCUT2D eigenvalue weighted by Gasteiger charge is 2.26. The molecule has 10 heteroatoms. The Kier molecular flexibility index (Phi) is 4.53. The van der Waals surface area contributed by atoms with Crippen LogP contribution < -0.4 is 10.0 Å². The summed E-state index contributed by atoms with van der Waals surface area (Å²) in [5, 5.41) is 11.1. The number of sulfonamides is 1. The maximum absolute atomic E-state index is 12.3. The van der Waals surface area contributed by atoms with Crippen molar-refractivity contribution >= 4 is 16.1 Å². The molecular formula is C13H22N6O3S. The smallest absolute Gasteiger partial charge is 0.317 e. The lowest BCUT2D eigenvalue weighted by Gasteiger charge is -2.32. The summed E-state index contributed by atoms with van der Waals surface area (Å²) in [7, 11) is -3.26. The number of piperidine rings is 1. The maximum atomic E-state index is 12.3. The van der Waals surface area contributed by atoms with Crippen molar-refractivity contribution < 1.29 is 13.2 Å². The van der Waals surface area contributed by atoms with Crippen LogP contribution in [0.15, 0.2) is 0 Å². The van der Waals surface area contributed by atoms with Gasteiger partial charge in [-0.2, -0.15) is 0 Å². The van der Waals surface area contributed by atoms with E-state index in [1.54, 1.807) is 4.90 Å². The average molecular weight is 342 g/mol. The molecule has 128 valence electrons. The van der Waals surface area contributed by atoms with E-state index in [0.717, 1.165) is 50.1 Å². The molecule has 0 aromatic carbocycles. The second-order valence-corrected chi connectivity index (χ2v) is 7.90. The fourth-order valence-corrected chi connectivity index (χ4v) is 3.97. The minimum Gasteiger partial charge on any atom is -0.331 e. The van der Waals surface area contributed by atoms with Gasteiger partial charge < -0.3 is 14.8 Å². The summed E-state index contributed by atoms with van der Waals surface area (Å²) in [6.07, 6.45) is 4.66. The van der Waals surface area contributed by atoms with Crippen LogP contribution in [-0.4, -0.2) is 59.5 Å². The molecule has 0 aliphatic carbocycles. The zero-order chi connectivity index (χ0) is 16.4. The standard InChI is InChI=1S/C13H22N6O3S/c1-23(21,22)17-10-4-2-6-18(9-10)13(20)14-8-12-16-15-11-5-3-7-19(11)12/h10,17H,2-9H2,1H3,(H,14,20)/t10-/m1/s1. The Morgan fingerprint density at radius 3 is 2.91 bits per heavy atom. The van der Waals surface area contributed by atoms with E-state index < -0.39 is 10.0 Å². The van der Waals surface area contributed by atoms with Crippen LogP contribution in [0.25, 0.3) is 0 Å². The molecule has 0 unspecified atom stereocenters. The van der Waals surface area contributed by atoms with E-state index in [1.807, 2.05) is 4.57 Å². The molecule has 0 radical (unpaired) electrons. The number of fused-ring (bicyclic) bond motifs is 1. The van der Waals surface area contributed by atoms with E-state index >= 15 is 0 Å². The van der Waals surface area contributed by atoms with Gasteiger partial charge in [0, 0.05) is 32.1 Å². The van der Waals surface area contributed by atoms with E-state index in [0.29, 0.717) is 19.6 Å². The number of rotatable bonds is 4. The highest BCUT2D eigenvalue weighted by molar-refractivity contribution is 7.88. The van der Waals surface area contributed by atoms with Crippen LogP contribution in [0.2, 0.25) is 0 Å². The molecule has 2 amide bonds. The molecule has 9 nitrogen and oxygen atoms in total. The van der Waals surface area contributed by atoms with E-state index in [1.165, 1.54) is 0 Å². The van der Waals surface area contributed by atoms with Crippen LogP contribution in [0, 0.1) is 0 Å². The Hall–Kier alpha value is -1.68. The third-order valence-electron chi connectivity index (χ3n) is 4.17. The maximum Gasteiger partial charge on any atom is 0.317 e. The van der Waals surface area contributed by atoms with Crippen molar-refractivity contribution in [2.45, 2.75) is 44.8 Å². The lowest BCUT2D eigenvalue weighted by molar-refractivity contribution is 0.176. The van der Waals surface area contributed by atoms with E-state index in [-0.39, 0.29) is 12.1 Å². The summed E-state index contributed by atoms with van der Waals surface area (Å²) in [5.41, 5.74) is 0. The monoisotopic (exact) mass is 342 g/mol. The lowest BCUT2D eigenvalue weighted by atomic mass is 10.1. The quantitative estimate of drug-likeness (QED) is 0.763. The number of nitrogens with zero attached hydrogens (tertiary/aromatic N) is 4. The normalized spacial score (nSPS) is 21.3. The summed E-state index contributed by atoms with van der Waals surface area (Å²) < 4.78 is 27.3. The van der Waals surface area contributed by atoms with Crippen LogP contribution in [0.5, 0.6) is 0 Å². The molecular weight excluding hydrogens is 320 g/mol. The van der Waals surface area contributed by atoms with Gasteiger partial charge in [0.2, 0.25) is 10.0 Å². The number of aryl methyl sites for hydroxylation is 1. The van der Waals surface area contributed by atoms with Crippen LogP contribution in [0.4, 0.5) is 4.79 Å². The van der Waals surface area contributed by atoms with E-state index in [2.05, 4.69) is 20.2 Å². The Bertz CT molecular complexity index is 686. The zero-order valence-electron chi connectivity index (χ0n) is 13.2. The topological polar surface area (TPSA) is 109 Å². The molecule has 1 saturated heterocycles. The van der Waals surface area contributed by atoms with Crippen molar-refractivity contribution in [2.75, 3.05) is 19.3 Å². The fourth-order valence-electron chi connectivity index (χ4n) is 3.17. The Morgan fingerprint density at radius 2 is 2.13 bits per heavy atom. The number of likely N-dealkylation sites (tertiary alicyclic amines) is 1. The third kappa shape index (κ3) is 3.99. The summed E-state index contributed by atoms with van der Waals surface area (Å²) in [4.78, 5) is 13.9. The van der Waals surface area contributed by atoms with Gasteiger partial charge in [0.1, 0.15) is 5.82 Å². The predicted molar refractivity (Wildman–Crippen MR) is 83.2 cm³/mol. The molecule has 3 rings (SSSR count). The fraction of sp³-hybridized carbons (Fsp3) is 0.769. The van der Waals surface area contributed by atoms with Gasteiger partial charge in [0.05, 0.1) is 12.8 Å². The first-order chi connectivity index (χ1) is 10.9. The minimum atomic E-state index is -3.26. The molecule has 1 aromatic heterocycles. The highest BCUT2D eigenvalue weighted by Crippen LogP contribution is 2.14. The molecule has 1 fully saturated rings. The molecule has 1 atom stereocenters. The second kappa shape index (κ2) is 6.44. The van der Waals surface area contributed by atoms with E-state index in [9.17, 15) is 13.2 Å². The van der Waals surface area contributed by atoms with Crippen LogP contribution in [-0.2, 0) is 29.5 Å². The van der Waals surface area contributed by atoms with Gasteiger partial charge in [0.15, 0.2) is 5.82 Å². The van der Waals surface area contributed by atoms with Crippen molar-refractivity contribution in [2.24, 2.45) is 0 Å². The number of aromatic nitrogens is 3. The van der Waals surface area contributed by atoms with Crippen LogP contribution >= 0.6 is 0 Å². The molecule has 2 aliphatic rings. The summed E-state index contributed by atoms with van der Waals surface area (Å²) in [5.74, 6) is 1.75. The molecule has 0 spiro atoms. The summed E-state index contributed by atoms with van der Waals surface area (Å²) >= 11 is 0. The molecule has 1 aromatic rings. The molecule has 0 saturated carbocycles. The SMILES string of the molecule is CS(=O)(=O)N[C@@H]1CCCN(C(=O)NCc2nnc3n2CCC3)C1. The van der Waals surface area contributed by atoms with Crippen molar-refractivity contribution in [3.63, 3.8) is 0 Å².